The van der Waals surface area contributed by atoms with E-state index >= 15 is 0 Å². The molecule has 0 spiro atoms. The van der Waals surface area contributed by atoms with Gasteiger partial charge in [-0.05, 0) is 49.1 Å². The summed E-state index contributed by atoms with van der Waals surface area (Å²) in [6.07, 6.45) is 5.12. The number of halogens is 1. The Bertz CT molecular complexity index is 661. The number of carbonyl (C=O) groups is 1. The van der Waals surface area contributed by atoms with Crippen molar-refractivity contribution in [3.05, 3.63) is 16.1 Å². The largest absolute Gasteiger partial charge is 0.300 e. The number of aromatic nitrogens is 1. The molecule has 4 unspecified atom stereocenters. The molecule has 4 atom stereocenters. The molecule has 8 aliphatic rings. The standard InChI is InChI=1S/C11H13ClN2S.C8H11NO/c12-9-5-15-13-11(9)10-6-1-8-2-7(10)4-14(8)3-6;10-8-5-1-7-2-6(8)4-9(7)3-5/h5-8,10H,1-4H2;5-7H,1-4H2. The van der Waals surface area contributed by atoms with Crippen LogP contribution in [0, 0.1) is 23.7 Å². The van der Waals surface area contributed by atoms with Gasteiger partial charge in [-0.3, -0.25) is 14.6 Å². The summed E-state index contributed by atoms with van der Waals surface area (Å²) in [5.74, 6) is 3.79. The smallest absolute Gasteiger partial charge is 0.141 e. The Balaban J connectivity index is 0.000000111. The lowest BCUT2D eigenvalue weighted by atomic mass is 9.72. The molecule has 0 radical (unpaired) electrons. The lowest BCUT2D eigenvalue weighted by Gasteiger charge is -2.34. The van der Waals surface area contributed by atoms with Crippen molar-refractivity contribution in [1.29, 1.82) is 0 Å². The van der Waals surface area contributed by atoms with Crippen LogP contribution < -0.4 is 0 Å². The summed E-state index contributed by atoms with van der Waals surface area (Å²) in [6.45, 7) is 4.75. The summed E-state index contributed by atoms with van der Waals surface area (Å²) in [6, 6.07) is 1.70. The molecule has 1 aromatic heterocycles. The minimum absolute atomic E-state index is 0.442. The van der Waals surface area contributed by atoms with E-state index in [2.05, 4.69) is 14.2 Å². The van der Waals surface area contributed by atoms with E-state index < -0.39 is 0 Å². The zero-order valence-corrected chi connectivity index (χ0v) is 15.9. The molecule has 0 amide bonds. The highest BCUT2D eigenvalue weighted by Crippen LogP contribution is 2.54. The SMILES string of the molecule is Clc1csnc1C1C2CC3CC1CN3C2.O=C1C2CC3CC1CN3C2. The summed E-state index contributed by atoms with van der Waals surface area (Å²) < 4.78 is 4.52. The van der Waals surface area contributed by atoms with Gasteiger partial charge in [0.05, 0.1) is 10.7 Å². The van der Waals surface area contributed by atoms with Gasteiger partial charge in [0.1, 0.15) is 5.78 Å². The van der Waals surface area contributed by atoms with Crippen LogP contribution in [0.5, 0.6) is 0 Å². The van der Waals surface area contributed by atoms with Gasteiger partial charge < -0.3 is 0 Å². The maximum atomic E-state index is 11.4. The normalized spacial score (nSPS) is 50.6. The van der Waals surface area contributed by atoms with E-state index in [4.69, 9.17) is 11.6 Å². The predicted octanol–water partition coefficient (Wildman–Crippen LogP) is 2.88. The first-order valence-corrected chi connectivity index (χ1v) is 11.0. The second kappa shape index (κ2) is 5.51. The Morgan fingerprint density at radius 2 is 1.56 bits per heavy atom. The van der Waals surface area contributed by atoms with Crippen LogP contribution in [0.25, 0.3) is 0 Å². The summed E-state index contributed by atoms with van der Waals surface area (Å²) in [5, 5.41) is 2.89. The molecule has 8 bridgehead atoms. The molecule has 6 aliphatic heterocycles. The van der Waals surface area contributed by atoms with Crippen molar-refractivity contribution in [2.75, 3.05) is 26.2 Å². The number of nitrogens with zero attached hydrogens (tertiary/aromatic N) is 3. The van der Waals surface area contributed by atoms with E-state index in [0.717, 1.165) is 42.0 Å². The molecule has 0 N–H and O–H groups in total. The van der Waals surface area contributed by atoms with Crippen LogP contribution in [0.3, 0.4) is 0 Å². The first kappa shape index (κ1) is 15.6. The molecule has 1 aromatic rings. The fourth-order valence-electron chi connectivity index (χ4n) is 6.91. The highest BCUT2D eigenvalue weighted by Gasteiger charge is 2.53. The maximum absolute atomic E-state index is 11.4. The minimum atomic E-state index is 0.442. The molecular formula is C19H24ClN3OS. The van der Waals surface area contributed by atoms with Crippen LogP contribution in [-0.2, 0) is 4.79 Å². The fraction of sp³-hybridized carbons (Fsp3) is 0.789. The molecule has 2 aliphatic carbocycles. The molecule has 25 heavy (non-hydrogen) atoms. The zero-order chi connectivity index (χ0) is 16.7. The van der Waals surface area contributed by atoms with Crippen molar-refractivity contribution in [3.63, 3.8) is 0 Å². The van der Waals surface area contributed by atoms with E-state index in [1.165, 1.54) is 56.0 Å². The Hall–Kier alpha value is -0.490. The van der Waals surface area contributed by atoms with Crippen LogP contribution >= 0.6 is 23.1 Å². The van der Waals surface area contributed by atoms with Crippen molar-refractivity contribution >= 4 is 28.9 Å². The third kappa shape index (κ3) is 2.25. The Kier molecular flexibility index (Phi) is 3.43. The Labute approximate surface area is 157 Å². The average molecular weight is 378 g/mol. The molecule has 0 aromatic carbocycles. The average Bonchev–Trinajstić information content (AvgIpc) is 3.33. The molecule has 2 saturated carbocycles. The maximum Gasteiger partial charge on any atom is 0.141 e. The lowest BCUT2D eigenvalue weighted by molar-refractivity contribution is -0.128. The molecule has 8 fully saturated rings. The van der Waals surface area contributed by atoms with Gasteiger partial charge in [0.15, 0.2) is 0 Å². The van der Waals surface area contributed by atoms with Crippen molar-refractivity contribution in [2.45, 2.75) is 43.7 Å². The molecule has 6 heteroatoms. The molecular weight excluding hydrogens is 354 g/mol. The third-order valence-electron chi connectivity index (χ3n) is 7.83. The van der Waals surface area contributed by atoms with Crippen molar-refractivity contribution in [2.24, 2.45) is 23.7 Å². The first-order valence-electron chi connectivity index (χ1n) is 9.79. The van der Waals surface area contributed by atoms with E-state index in [9.17, 15) is 4.79 Å². The summed E-state index contributed by atoms with van der Waals surface area (Å²) in [7, 11) is 0. The number of hydrogen-bond acceptors (Lipinski definition) is 5. The van der Waals surface area contributed by atoms with Gasteiger partial charge >= 0.3 is 0 Å². The van der Waals surface area contributed by atoms with Gasteiger partial charge in [0, 0.05) is 61.4 Å². The van der Waals surface area contributed by atoms with E-state index in [1.807, 2.05) is 5.38 Å². The number of hydrogen-bond donors (Lipinski definition) is 0. The van der Waals surface area contributed by atoms with Gasteiger partial charge in [-0.2, -0.15) is 4.37 Å². The van der Waals surface area contributed by atoms with Gasteiger partial charge in [-0.1, -0.05) is 11.6 Å². The number of carbonyl (C=O) groups excluding carboxylic acids is 1. The molecule has 6 saturated heterocycles. The second-order valence-corrected chi connectivity index (χ2v) is 10.1. The monoisotopic (exact) mass is 377 g/mol. The van der Waals surface area contributed by atoms with Gasteiger partial charge in [-0.15, -0.1) is 0 Å². The van der Waals surface area contributed by atoms with Crippen molar-refractivity contribution in [1.82, 2.24) is 14.2 Å². The molecule has 4 nitrogen and oxygen atoms in total. The van der Waals surface area contributed by atoms with E-state index in [1.54, 1.807) is 0 Å². The van der Waals surface area contributed by atoms with Crippen LogP contribution in [0.15, 0.2) is 5.38 Å². The quantitative estimate of drug-likeness (QED) is 0.754. The van der Waals surface area contributed by atoms with Crippen LogP contribution in [0.4, 0.5) is 0 Å². The Morgan fingerprint density at radius 3 is 2.08 bits per heavy atom. The topological polar surface area (TPSA) is 36.4 Å². The first-order chi connectivity index (χ1) is 12.2. The lowest BCUT2D eigenvalue weighted by Crippen LogP contribution is -2.35. The molecule has 134 valence electrons. The van der Waals surface area contributed by atoms with Gasteiger partial charge in [0.2, 0.25) is 0 Å². The van der Waals surface area contributed by atoms with Gasteiger partial charge in [0.25, 0.3) is 0 Å². The fourth-order valence-corrected chi connectivity index (χ4v) is 7.84. The van der Waals surface area contributed by atoms with E-state index in [-0.39, 0.29) is 0 Å². The van der Waals surface area contributed by atoms with Gasteiger partial charge in [-0.25, -0.2) is 0 Å². The molecule has 7 heterocycles. The highest BCUT2D eigenvalue weighted by atomic mass is 35.5. The number of rotatable bonds is 1. The van der Waals surface area contributed by atoms with Crippen molar-refractivity contribution in [3.8, 4) is 0 Å². The highest BCUT2D eigenvalue weighted by molar-refractivity contribution is 7.04. The number of piperidine rings is 2. The second-order valence-electron chi connectivity index (χ2n) is 9.05. The van der Waals surface area contributed by atoms with E-state index in [0.29, 0.717) is 23.5 Å². The number of ketones is 1. The predicted molar refractivity (Wildman–Crippen MR) is 98.0 cm³/mol. The summed E-state index contributed by atoms with van der Waals surface area (Å²) >= 11 is 7.74. The summed E-state index contributed by atoms with van der Waals surface area (Å²) in [5.41, 5.74) is 1.21. The summed E-state index contributed by atoms with van der Waals surface area (Å²) in [4.78, 5) is 16.6. The molecule has 9 rings (SSSR count). The van der Waals surface area contributed by atoms with Crippen LogP contribution in [0.2, 0.25) is 5.02 Å². The van der Waals surface area contributed by atoms with Crippen LogP contribution in [0.1, 0.15) is 37.3 Å². The minimum Gasteiger partial charge on any atom is -0.300 e. The zero-order valence-electron chi connectivity index (χ0n) is 14.3. The third-order valence-corrected chi connectivity index (χ3v) is 8.91. The Morgan fingerprint density at radius 1 is 0.960 bits per heavy atom. The van der Waals surface area contributed by atoms with Crippen LogP contribution in [-0.4, -0.2) is 58.2 Å². The van der Waals surface area contributed by atoms with Crippen molar-refractivity contribution < 1.29 is 4.79 Å². The number of Topliss-reactive ketones (excluding diaryl/α,β-unsaturated/α-hetero) is 1.